The molecule has 1 heterocycles. The molecule has 2 N–H and O–H groups in total. The molecule has 1 aliphatic heterocycles. The molecule has 0 radical (unpaired) electrons. The first-order valence-corrected chi connectivity index (χ1v) is 5.40. The Bertz CT molecular complexity index is 363. The van der Waals surface area contributed by atoms with E-state index >= 15 is 0 Å². The van der Waals surface area contributed by atoms with Crippen LogP contribution in [-0.2, 0) is 13.0 Å². The molecule has 0 aromatic heterocycles. The predicted molar refractivity (Wildman–Crippen MR) is 59.3 cm³/mol. The molecule has 0 aliphatic carbocycles. The van der Waals surface area contributed by atoms with E-state index in [-0.39, 0.29) is 6.10 Å². The molecule has 1 aliphatic rings. The van der Waals surface area contributed by atoms with Gasteiger partial charge in [-0.3, -0.25) is 0 Å². The molecule has 1 aromatic rings. The van der Waals surface area contributed by atoms with E-state index in [1.165, 1.54) is 5.56 Å². The Labute approximate surface area is 90.2 Å². The number of rotatable bonds is 3. The molecule has 2 rings (SSSR count). The van der Waals surface area contributed by atoms with Crippen molar-refractivity contribution >= 4 is 0 Å². The van der Waals surface area contributed by atoms with Crippen LogP contribution in [0.3, 0.4) is 0 Å². The minimum Gasteiger partial charge on any atom is -0.494 e. The van der Waals surface area contributed by atoms with Crippen LogP contribution in [0.4, 0.5) is 0 Å². The lowest BCUT2D eigenvalue weighted by molar-refractivity contribution is 0.254. The molecular weight excluding hydrogens is 190 g/mol. The van der Waals surface area contributed by atoms with Crippen molar-refractivity contribution in [3.05, 3.63) is 23.3 Å². The molecule has 0 spiro atoms. The second-order valence-electron chi connectivity index (χ2n) is 3.84. The first-order chi connectivity index (χ1) is 7.24. The van der Waals surface area contributed by atoms with E-state index < -0.39 is 0 Å². The molecule has 3 nitrogen and oxygen atoms in total. The van der Waals surface area contributed by atoms with E-state index in [2.05, 4.69) is 13.0 Å². The van der Waals surface area contributed by atoms with Crippen molar-refractivity contribution in [1.82, 2.24) is 0 Å². The molecular formula is C12H17NO2. The number of benzene rings is 1. The number of ether oxygens (including phenoxy) is 2. The van der Waals surface area contributed by atoms with E-state index in [0.29, 0.717) is 13.2 Å². The summed E-state index contributed by atoms with van der Waals surface area (Å²) in [5.41, 5.74) is 7.92. The summed E-state index contributed by atoms with van der Waals surface area (Å²) in [4.78, 5) is 0. The van der Waals surface area contributed by atoms with Gasteiger partial charge in [-0.1, -0.05) is 0 Å². The fourth-order valence-electron chi connectivity index (χ4n) is 1.93. The largest absolute Gasteiger partial charge is 0.494 e. The Morgan fingerprint density at radius 1 is 1.53 bits per heavy atom. The van der Waals surface area contributed by atoms with Crippen LogP contribution < -0.4 is 15.2 Å². The third-order valence-corrected chi connectivity index (χ3v) is 2.60. The van der Waals surface area contributed by atoms with E-state index in [1.807, 2.05) is 13.0 Å². The van der Waals surface area contributed by atoms with Gasteiger partial charge in [0.15, 0.2) is 0 Å². The minimum atomic E-state index is 0.266. The summed E-state index contributed by atoms with van der Waals surface area (Å²) in [6, 6.07) is 4.06. The molecule has 82 valence electrons. The summed E-state index contributed by atoms with van der Waals surface area (Å²) < 4.78 is 11.2. The second-order valence-corrected chi connectivity index (χ2v) is 3.84. The third-order valence-electron chi connectivity index (χ3n) is 2.60. The van der Waals surface area contributed by atoms with Crippen LogP contribution in [0.25, 0.3) is 0 Å². The SMILES string of the molecule is CCOc1cc2c(cc1CN)O[C@H](C)C2. The van der Waals surface area contributed by atoms with Gasteiger partial charge < -0.3 is 15.2 Å². The first-order valence-electron chi connectivity index (χ1n) is 5.40. The van der Waals surface area contributed by atoms with E-state index in [1.54, 1.807) is 0 Å². The van der Waals surface area contributed by atoms with Crippen molar-refractivity contribution < 1.29 is 9.47 Å². The molecule has 3 heteroatoms. The van der Waals surface area contributed by atoms with Gasteiger partial charge in [-0.25, -0.2) is 0 Å². The third kappa shape index (κ3) is 1.92. The fourth-order valence-corrected chi connectivity index (χ4v) is 1.93. The summed E-state index contributed by atoms with van der Waals surface area (Å²) in [5, 5.41) is 0. The van der Waals surface area contributed by atoms with Gasteiger partial charge in [-0.2, -0.15) is 0 Å². The van der Waals surface area contributed by atoms with Crippen LogP contribution in [0.5, 0.6) is 11.5 Å². The quantitative estimate of drug-likeness (QED) is 0.823. The van der Waals surface area contributed by atoms with E-state index in [0.717, 1.165) is 23.5 Å². The normalized spacial score (nSPS) is 18.5. The molecule has 0 saturated heterocycles. The average Bonchev–Trinajstić information content (AvgIpc) is 2.56. The van der Waals surface area contributed by atoms with Crippen LogP contribution in [-0.4, -0.2) is 12.7 Å². The average molecular weight is 207 g/mol. The van der Waals surface area contributed by atoms with E-state index in [4.69, 9.17) is 15.2 Å². The number of hydrogen-bond acceptors (Lipinski definition) is 3. The molecule has 0 fully saturated rings. The maximum absolute atomic E-state index is 5.67. The lowest BCUT2D eigenvalue weighted by atomic mass is 10.1. The Hall–Kier alpha value is -1.22. The summed E-state index contributed by atoms with van der Waals surface area (Å²) in [6.45, 7) is 5.21. The van der Waals surface area contributed by atoms with Gasteiger partial charge >= 0.3 is 0 Å². The van der Waals surface area contributed by atoms with Gasteiger partial charge in [0.05, 0.1) is 6.61 Å². The number of fused-ring (bicyclic) bond motifs is 1. The summed E-state index contributed by atoms with van der Waals surface area (Å²) in [5.74, 6) is 1.86. The maximum Gasteiger partial charge on any atom is 0.124 e. The molecule has 0 unspecified atom stereocenters. The van der Waals surface area contributed by atoms with Gasteiger partial charge in [-0.15, -0.1) is 0 Å². The van der Waals surface area contributed by atoms with Crippen LogP contribution in [0.15, 0.2) is 12.1 Å². The van der Waals surface area contributed by atoms with Crippen LogP contribution >= 0.6 is 0 Å². The predicted octanol–water partition coefficient (Wildman–Crippen LogP) is 1.87. The van der Waals surface area contributed by atoms with Crippen LogP contribution in [0.1, 0.15) is 25.0 Å². The molecule has 1 atom stereocenters. The second kappa shape index (κ2) is 4.11. The molecule has 0 saturated carbocycles. The fraction of sp³-hybridized carbons (Fsp3) is 0.500. The number of nitrogens with two attached hydrogens (primary N) is 1. The highest BCUT2D eigenvalue weighted by Crippen LogP contribution is 2.34. The molecule has 15 heavy (non-hydrogen) atoms. The Balaban J connectivity index is 2.36. The topological polar surface area (TPSA) is 44.5 Å². The lowest BCUT2D eigenvalue weighted by Crippen LogP contribution is -2.05. The highest BCUT2D eigenvalue weighted by molar-refractivity contribution is 5.48. The van der Waals surface area contributed by atoms with Gasteiger partial charge in [0.25, 0.3) is 0 Å². The van der Waals surface area contributed by atoms with Gasteiger partial charge in [0, 0.05) is 24.1 Å². The Kier molecular flexibility index (Phi) is 2.82. The summed E-state index contributed by atoms with van der Waals surface area (Å²) in [7, 11) is 0. The Morgan fingerprint density at radius 3 is 3.00 bits per heavy atom. The maximum atomic E-state index is 5.67. The zero-order valence-corrected chi connectivity index (χ0v) is 9.25. The summed E-state index contributed by atoms with van der Waals surface area (Å²) >= 11 is 0. The Morgan fingerprint density at radius 2 is 2.33 bits per heavy atom. The monoisotopic (exact) mass is 207 g/mol. The van der Waals surface area contributed by atoms with Crippen molar-refractivity contribution in [3.63, 3.8) is 0 Å². The number of hydrogen-bond donors (Lipinski definition) is 1. The van der Waals surface area contributed by atoms with Crippen LogP contribution in [0, 0.1) is 0 Å². The van der Waals surface area contributed by atoms with Gasteiger partial charge in [0.2, 0.25) is 0 Å². The van der Waals surface area contributed by atoms with Crippen LogP contribution in [0.2, 0.25) is 0 Å². The lowest BCUT2D eigenvalue weighted by Gasteiger charge is -2.10. The smallest absolute Gasteiger partial charge is 0.124 e. The van der Waals surface area contributed by atoms with Crippen molar-refractivity contribution in [1.29, 1.82) is 0 Å². The van der Waals surface area contributed by atoms with Crippen molar-refractivity contribution in [2.75, 3.05) is 6.61 Å². The molecule has 0 bridgehead atoms. The zero-order valence-electron chi connectivity index (χ0n) is 9.25. The van der Waals surface area contributed by atoms with E-state index in [9.17, 15) is 0 Å². The summed E-state index contributed by atoms with van der Waals surface area (Å²) in [6.07, 6.45) is 1.22. The zero-order chi connectivity index (χ0) is 10.8. The highest BCUT2D eigenvalue weighted by Gasteiger charge is 2.21. The van der Waals surface area contributed by atoms with Crippen molar-refractivity contribution in [2.45, 2.75) is 32.9 Å². The van der Waals surface area contributed by atoms with Gasteiger partial charge in [-0.05, 0) is 26.0 Å². The minimum absolute atomic E-state index is 0.266. The standard InChI is InChI=1S/C12H17NO2/c1-3-14-11-5-9-4-8(2)15-12(9)6-10(11)7-13/h5-6,8H,3-4,7,13H2,1-2H3/t8-/m1/s1. The highest BCUT2D eigenvalue weighted by atomic mass is 16.5. The van der Waals surface area contributed by atoms with Crippen molar-refractivity contribution in [3.8, 4) is 11.5 Å². The van der Waals surface area contributed by atoms with Crippen molar-refractivity contribution in [2.24, 2.45) is 5.73 Å². The first kappa shape index (κ1) is 10.3. The molecule has 0 amide bonds. The van der Waals surface area contributed by atoms with Gasteiger partial charge in [0.1, 0.15) is 17.6 Å². The molecule has 1 aromatic carbocycles.